The van der Waals surface area contributed by atoms with Gasteiger partial charge in [-0.2, -0.15) is 4.31 Å². The summed E-state index contributed by atoms with van der Waals surface area (Å²) in [7, 11) is -10.7. The molecule has 1 saturated heterocycles. The highest BCUT2D eigenvalue weighted by Gasteiger charge is 2.47. The monoisotopic (exact) mass is 340 g/mol. The van der Waals surface area contributed by atoms with Gasteiger partial charge in [0.1, 0.15) is 24.4 Å². The molecule has 12 nitrogen and oxygen atoms in total. The standard InChI is InChI=1S/C6H14O12P2/c7-1-2-3(8)4(9)5(10)6(16-2)17-20(14,15)18-19(11,12)13/h2-10H,1H2,(H,14,15)(H2,11,12,13)/t2-,3+,4+,5+,6+/m1/s1. The van der Waals surface area contributed by atoms with Crippen molar-refractivity contribution in [3.63, 3.8) is 0 Å². The highest BCUT2D eigenvalue weighted by molar-refractivity contribution is 7.60. The van der Waals surface area contributed by atoms with Crippen molar-refractivity contribution in [2.24, 2.45) is 0 Å². The van der Waals surface area contributed by atoms with E-state index in [1.165, 1.54) is 0 Å². The van der Waals surface area contributed by atoms with Crippen molar-refractivity contribution in [2.45, 2.75) is 30.7 Å². The molecule has 0 aliphatic carbocycles. The third-order valence-electron chi connectivity index (χ3n) is 2.30. The fourth-order valence-electron chi connectivity index (χ4n) is 1.44. The molecule has 6 atom stereocenters. The van der Waals surface area contributed by atoms with Crippen LogP contribution in [0.25, 0.3) is 0 Å². The van der Waals surface area contributed by atoms with Crippen molar-refractivity contribution in [1.82, 2.24) is 0 Å². The Labute approximate surface area is 112 Å². The molecule has 120 valence electrons. The fraction of sp³-hybridized carbons (Fsp3) is 1.00. The number of ether oxygens (including phenoxy) is 1. The van der Waals surface area contributed by atoms with Crippen molar-refractivity contribution >= 4 is 15.6 Å². The zero-order valence-corrected chi connectivity index (χ0v) is 11.4. The van der Waals surface area contributed by atoms with Gasteiger partial charge in [-0.3, -0.25) is 4.52 Å². The molecular weight excluding hydrogens is 326 g/mol. The summed E-state index contributed by atoms with van der Waals surface area (Å²) in [5.74, 6) is 0. The number of phosphoric acid groups is 2. The van der Waals surface area contributed by atoms with Crippen LogP contribution in [0.15, 0.2) is 0 Å². The Morgan fingerprint density at radius 2 is 1.55 bits per heavy atom. The summed E-state index contributed by atoms with van der Waals surface area (Å²) in [4.78, 5) is 25.8. The molecule has 1 unspecified atom stereocenters. The average molecular weight is 340 g/mol. The topological polar surface area (TPSA) is 203 Å². The van der Waals surface area contributed by atoms with Gasteiger partial charge < -0.3 is 39.8 Å². The summed E-state index contributed by atoms with van der Waals surface area (Å²) in [6.07, 6.45) is -9.12. The smallest absolute Gasteiger partial charge is 0.394 e. The Hall–Kier alpha value is 0.0600. The van der Waals surface area contributed by atoms with Crippen LogP contribution >= 0.6 is 15.6 Å². The van der Waals surface area contributed by atoms with Gasteiger partial charge in [-0.05, 0) is 0 Å². The quantitative estimate of drug-likeness (QED) is 0.250. The molecule has 1 rings (SSSR count). The van der Waals surface area contributed by atoms with E-state index in [1.54, 1.807) is 0 Å². The lowest BCUT2D eigenvalue weighted by Crippen LogP contribution is -2.58. The summed E-state index contributed by atoms with van der Waals surface area (Å²) in [6, 6.07) is 0. The van der Waals surface area contributed by atoms with Crippen molar-refractivity contribution in [1.29, 1.82) is 0 Å². The SMILES string of the molecule is O=P(O)(O)OP(=O)(O)O[C@@H]1O[C@H](CO)[C@H](O)[C@H](O)[C@@H]1O. The average Bonchev–Trinajstić information content (AvgIpc) is 2.26. The molecule has 0 radical (unpaired) electrons. The van der Waals surface area contributed by atoms with Crippen LogP contribution in [0.3, 0.4) is 0 Å². The second kappa shape index (κ2) is 6.44. The summed E-state index contributed by atoms with van der Waals surface area (Å²) >= 11 is 0. The molecule has 14 heteroatoms. The molecule has 0 spiro atoms. The predicted molar refractivity (Wildman–Crippen MR) is 57.8 cm³/mol. The van der Waals surface area contributed by atoms with Crippen molar-refractivity contribution in [3.05, 3.63) is 0 Å². The van der Waals surface area contributed by atoms with Gasteiger partial charge in [-0.15, -0.1) is 0 Å². The number of phosphoric ester groups is 1. The Balaban J connectivity index is 2.80. The number of hydrogen-bond donors (Lipinski definition) is 7. The first kappa shape index (κ1) is 18.1. The van der Waals surface area contributed by atoms with E-state index in [9.17, 15) is 24.4 Å². The van der Waals surface area contributed by atoms with Crippen LogP contribution < -0.4 is 0 Å². The Bertz CT molecular complexity index is 418. The highest BCUT2D eigenvalue weighted by Crippen LogP contribution is 2.58. The van der Waals surface area contributed by atoms with Gasteiger partial charge in [-0.25, -0.2) is 9.13 Å². The molecule has 0 aromatic rings. The first-order valence-corrected chi connectivity index (χ1v) is 8.08. The van der Waals surface area contributed by atoms with Gasteiger partial charge in [0.05, 0.1) is 6.61 Å². The normalized spacial score (nSPS) is 38.5. The maximum Gasteiger partial charge on any atom is 0.483 e. The zero-order valence-electron chi connectivity index (χ0n) is 9.66. The predicted octanol–water partition coefficient (Wildman–Crippen LogP) is -2.99. The van der Waals surface area contributed by atoms with Gasteiger partial charge in [0.15, 0.2) is 6.29 Å². The van der Waals surface area contributed by atoms with E-state index in [0.29, 0.717) is 0 Å². The number of aliphatic hydroxyl groups is 4. The van der Waals surface area contributed by atoms with Crippen LogP contribution in [0.5, 0.6) is 0 Å². The molecule has 1 fully saturated rings. The molecule has 0 saturated carbocycles. The maximum atomic E-state index is 11.2. The minimum atomic E-state index is -5.36. The zero-order chi connectivity index (χ0) is 15.7. The Morgan fingerprint density at radius 1 is 1.00 bits per heavy atom. The summed E-state index contributed by atoms with van der Waals surface area (Å²) < 4.78 is 34.0. The minimum absolute atomic E-state index is 0.820. The lowest BCUT2D eigenvalue weighted by atomic mass is 10.00. The molecule has 1 aliphatic heterocycles. The summed E-state index contributed by atoms with van der Waals surface area (Å²) in [5, 5.41) is 37.1. The Kier molecular flexibility index (Phi) is 5.83. The molecule has 7 N–H and O–H groups in total. The lowest BCUT2D eigenvalue weighted by molar-refractivity contribution is -0.280. The third-order valence-corrected chi connectivity index (χ3v) is 4.45. The largest absolute Gasteiger partial charge is 0.483 e. The van der Waals surface area contributed by atoms with Crippen molar-refractivity contribution in [2.75, 3.05) is 6.61 Å². The van der Waals surface area contributed by atoms with E-state index < -0.39 is 53.0 Å². The van der Waals surface area contributed by atoms with Gasteiger partial charge in [0.2, 0.25) is 0 Å². The molecule has 0 amide bonds. The van der Waals surface area contributed by atoms with Crippen molar-refractivity contribution in [3.8, 4) is 0 Å². The van der Waals surface area contributed by atoms with E-state index >= 15 is 0 Å². The van der Waals surface area contributed by atoms with E-state index in [1.807, 2.05) is 0 Å². The van der Waals surface area contributed by atoms with Gasteiger partial charge in [0.25, 0.3) is 0 Å². The van der Waals surface area contributed by atoms with Crippen LogP contribution in [0.2, 0.25) is 0 Å². The molecule has 0 aromatic heterocycles. The molecular formula is C6H14O12P2. The lowest BCUT2D eigenvalue weighted by Gasteiger charge is -2.39. The number of rotatable bonds is 5. The molecule has 20 heavy (non-hydrogen) atoms. The second-order valence-corrected chi connectivity index (χ2v) is 6.63. The molecule has 1 aliphatic rings. The third kappa shape index (κ3) is 4.81. The first-order valence-electron chi connectivity index (χ1n) is 5.05. The van der Waals surface area contributed by atoms with Crippen LogP contribution in [-0.2, 0) is 22.7 Å². The highest BCUT2D eigenvalue weighted by atomic mass is 31.3. The van der Waals surface area contributed by atoms with E-state index in [-0.39, 0.29) is 0 Å². The Morgan fingerprint density at radius 3 is 2.00 bits per heavy atom. The van der Waals surface area contributed by atoms with E-state index in [4.69, 9.17) is 19.8 Å². The van der Waals surface area contributed by atoms with Gasteiger partial charge in [0, 0.05) is 0 Å². The van der Waals surface area contributed by atoms with Gasteiger partial charge >= 0.3 is 15.6 Å². The maximum absolute atomic E-state index is 11.2. The van der Waals surface area contributed by atoms with Crippen LogP contribution in [0, 0.1) is 0 Å². The fourth-order valence-corrected chi connectivity index (χ4v) is 3.11. The van der Waals surface area contributed by atoms with Crippen molar-refractivity contribution < 1.29 is 57.8 Å². The molecule has 1 heterocycles. The van der Waals surface area contributed by atoms with Crippen LogP contribution in [-0.4, -0.2) is 72.4 Å². The second-order valence-electron chi connectivity index (χ2n) is 3.84. The van der Waals surface area contributed by atoms with Gasteiger partial charge in [-0.1, -0.05) is 0 Å². The number of hydrogen-bond acceptors (Lipinski definition) is 9. The molecule has 0 aromatic carbocycles. The first-order chi connectivity index (χ1) is 8.97. The van der Waals surface area contributed by atoms with Crippen LogP contribution in [0.4, 0.5) is 0 Å². The van der Waals surface area contributed by atoms with Crippen LogP contribution in [0.1, 0.15) is 0 Å². The minimum Gasteiger partial charge on any atom is -0.394 e. The number of aliphatic hydroxyl groups excluding tert-OH is 4. The summed E-state index contributed by atoms with van der Waals surface area (Å²) in [6.45, 7) is -0.820. The summed E-state index contributed by atoms with van der Waals surface area (Å²) in [5.41, 5.74) is 0. The molecule has 0 bridgehead atoms. The van der Waals surface area contributed by atoms with E-state index in [0.717, 1.165) is 0 Å². The van der Waals surface area contributed by atoms with E-state index in [2.05, 4.69) is 13.6 Å².